The van der Waals surface area contributed by atoms with E-state index in [1.807, 2.05) is 6.07 Å². The molecular weight excluding hydrogens is 242 g/mol. The average molecular weight is 255 g/mol. The summed E-state index contributed by atoms with van der Waals surface area (Å²) in [5, 5.41) is 8.76. The molecule has 0 spiro atoms. The van der Waals surface area contributed by atoms with E-state index < -0.39 is 0 Å². The summed E-state index contributed by atoms with van der Waals surface area (Å²) in [5.74, 6) is 1.26. The maximum absolute atomic E-state index is 8.76. The van der Waals surface area contributed by atoms with Crippen LogP contribution in [-0.4, -0.2) is 12.1 Å². The van der Waals surface area contributed by atoms with Crippen LogP contribution in [0.4, 0.5) is 5.69 Å². The highest BCUT2D eigenvalue weighted by atomic mass is 16.5. The Hall–Kier alpha value is -2.74. The predicted molar refractivity (Wildman–Crippen MR) is 70.7 cm³/mol. The Kier molecular flexibility index (Phi) is 3.84. The smallest absolute Gasteiger partial charge is 0.142 e. The second-order valence-corrected chi connectivity index (χ2v) is 3.85. The van der Waals surface area contributed by atoms with E-state index in [1.54, 1.807) is 43.6 Å². The summed E-state index contributed by atoms with van der Waals surface area (Å²) in [6, 6.07) is 10.7. The molecule has 0 radical (unpaired) electrons. The maximum atomic E-state index is 8.76. The van der Waals surface area contributed by atoms with Gasteiger partial charge in [0, 0.05) is 12.3 Å². The van der Waals surface area contributed by atoms with E-state index in [4.69, 9.17) is 20.5 Å². The molecule has 96 valence electrons. The fraction of sp³-hybridized carbons (Fsp3) is 0.143. The number of aromatic nitrogens is 1. The van der Waals surface area contributed by atoms with E-state index >= 15 is 0 Å². The normalized spacial score (nSPS) is 9.68. The van der Waals surface area contributed by atoms with Gasteiger partial charge in [-0.05, 0) is 29.8 Å². The Morgan fingerprint density at radius 2 is 2.16 bits per heavy atom. The van der Waals surface area contributed by atoms with Gasteiger partial charge in [-0.2, -0.15) is 5.26 Å². The molecular formula is C14H13N3O2. The molecule has 0 aliphatic heterocycles. The van der Waals surface area contributed by atoms with Crippen LogP contribution in [0, 0.1) is 11.3 Å². The second-order valence-electron chi connectivity index (χ2n) is 3.85. The van der Waals surface area contributed by atoms with Gasteiger partial charge < -0.3 is 15.2 Å². The van der Waals surface area contributed by atoms with Gasteiger partial charge in [0.1, 0.15) is 29.9 Å². The molecule has 1 aromatic carbocycles. The number of nitrogens with two attached hydrogens (primary N) is 1. The lowest BCUT2D eigenvalue weighted by Gasteiger charge is -2.10. The van der Waals surface area contributed by atoms with Gasteiger partial charge in [-0.15, -0.1) is 0 Å². The summed E-state index contributed by atoms with van der Waals surface area (Å²) >= 11 is 0. The average Bonchev–Trinajstić information content (AvgIpc) is 2.46. The van der Waals surface area contributed by atoms with Crippen molar-refractivity contribution in [3.8, 4) is 17.6 Å². The highest BCUT2D eigenvalue weighted by Gasteiger charge is 2.03. The van der Waals surface area contributed by atoms with Crippen molar-refractivity contribution in [2.24, 2.45) is 0 Å². The number of rotatable bonds is 4. The van der Waals surface area contributed by atoms with Crippen LogP contribution in [0.5, 0.6) is 11.5 Å². The predicted octanol–water partition coefficient (Wildman–Crippen LogP) is 2.12. The second kappa shape index (κ2) is 5.74. The zero-order chi connectivity index (χ0) is 13.7. The highest BCUT2D eigenvalue weighted by Crippen LogP contribution is 2.26. The zero-order valence-electron chi connectivity index (χ0n) is 10.5. The molecule has 0 aliphatic rings. The number of hydrogen-bond acceptors (Lipinski definition) is 5. The Labute approximate surface area is 111 Å². The zero-order valence-corrected chi connectivity index (χ0v) is 10.5. The van der Waals surface area contributed by atoms with Crippen LogP contribution in [0.25, 0.3) is 0 Å². The van der Waals surface area contributed by atoms with Gasteiger partial charge in [0.05, 0.1) is 12.8 Å². The van der Waals surface area contributed by atoms with E-state index in [-0.39, 0.29) is 0 Å². The summed E-state index contributed by atoms with van der Waals surface area (Å²) in [6.07, 6.45) is 1.58. The number of nitriles is 1. The third-order valence-electron chi connectivity index (χ3n) is 2.55. The van der Waals surface area contributed by atoms with Crippen molar-refractivity contribution in [1.29, 1.82) is 5.26 Å². The molecule has 2 rings (SSSR count). The molecule has 0 amide bonds. The molecule has 2 N–H and O–H groups in total. The molecule has 0 fully saturated rings. The van der Waals surface area contributed by atoms with E-state index in [1.165, 1.54) is 0 Å². The minimum atomic E-state index is 0.327. The standard InChI is InChI=1S/C14H13N3O2/c1-18-12-2-3-14(13(16)7-12)19-9-10-4-5-17-11(6-10)8-15/h2-7H,9,16H2,1H3. The Bertz CT molecular complexity index is 620. The van der Waals surface area contributed by atoms with Gasteiger partial charge in [0.2, 0.25) is 0 Å². The Balaban J connectivity index is 2.08. The largest absolute Gasteiger partial charge is 0.497 e. The van der Waals surface area contributed by atoms with Gasteiger partial charge in [-0.25, -0.2) is 4.98 Å². The van der Waals surface area contributed by atoms with E-state index in [2.05, 4.69) is 4.98 Å². The van der Waals surface area contributed by atoms with Gasteiger partial charge in [-0.3, -0.25) is 0 Å². The van der Waals surface area contributed by atoms with Crippen LogP contribution >= 0.6 is 0 Å². The molecule has 5 nitrogen and oxygen atoms in total. The lowest BCUT2D eigenvalue weighted by molar-refractivity contribution is 0.307. The molecule has 1 aromatic heterocycles. The summed E-state index contributed by atoms with van der Waals surface area (Å²) in [5.41, 5.74) is 7.58. The van der Waals surface area contributed by atoms with E-state index in [0.717, 1.165) is 5.56 Å². The van der Waals surface area contributed by atoms with Crippen molar-refractivity contribution in [3.05, 3.63) is 47.8 Å². The van der Waals surface area contributed by atoms with Gasteiger partial charge in [-0.1, -0.05) is 0 Å². The first-order valence-corrected chi connectivity index (χ1v) is 5.64. The molecule has 1 heterocycles. The fourth-order valence-corrected chi connectivity index (χ4v) is 1.57. The van der Waals surface area contributed by atoms with Crippen molar-refractivity contribution in [3.63, 3.8) is 0 Å². The molecule has 0 bridgehead atoms. The SMILES string of the molecule is COc1ccc(OCc2ccnc(C#N)c2)c(N)c1. The van der Waals surface area contributed by atoms with Crippen molar-refractivity contribution in [2.75, 3.05) is 12.8 Å². The molecule has 2 aromatic rings. The molecule has 0 atom stereocenters. The molecule has 19 heavy (non-hydrogen) atoms. The quantitative estimate of drug-likeness (QED) is 0.846. The first kappa shape index (κ1) is 12.7. The number of methoxy groups -OCH3 is 1. The Morgan fingerprint density at radius 1 is 1.32 bits per heavy atom. The van der Waals surface area contributed by atoms with E-state index in [9.17, 15) is 0 Å². The Morgan fingerprint density at radius 3 is 2.84 bits per heavy atom. The summed E-state index contributed by atoms with van der Waals surface area (Å²) in [7, 11) is 1.58. The first-order chi connectivity index (χ1) is 9.22. The molecule has 0 saturated carbocycles. The van der Waals surface area contributed by atoms with Crippen LogP contribution in [0.2, 0.25) is 0 Å². The summed E-state index contributed by atoms with van der Waals surface area (Å²) in [4.78, 5) is 3.90. The van der Waals surface area contributed by atoms with Crippen molar-refractivity contribution in [2.45, 2.75) is 6.61 Å². The van der Waals surface area contributed by atoms with Crippen molar-refractivity contribution >= 4 is 5.69 Å². The van der Waals surface area contributed by atoms with Gasteiger partial charge in [0.15, 0.2) is 0 Å². The van der Waals surface area contributed by atoms with Crippen LogP contribution in [0.1, 0.15) is 11.3 Å². The fourth-order valence-electron chi connectivity index (χ4n) is 1.57. The van der Waals surface area contributed by atoms with Gasteiger partial charge in [0.25, 0.3) is 0 Å². The van der Waals surface area contributed by atoms with Crippen molar-refractivity contribution in [1.82, 2.24) is 4.98 Å². The maximum Gasteiger partial charge on any atom is 0.142 e. The topological polar surface area (TPSA) is 81.2 Å². The third kappa shape index (κ3) is 3.13. The number of benzene rings is 1. The third-order valence-corrected chi connectivity index (χ3v) is 2.55. The molecule has 0 saturated heterocycles. The van der Waals surface area contributed by atoms with Gasteiger partial charge >= 0.3 is 0 Å². The molecule has 5 heteroatoms. The number of pyridine rings is 1. The van der Waals surface area contributed by atoms with Crippen LogP contribution in [0.3, 0.4) is 0 Å². The summed E-state index contributed by atoms with van der Waals surface area (Å²) < 4.78 is 10.7. The minimum absolute atomic E-state index is 0.327. The number of ether oxygens (including phenoxy) is 2. The number of nitrogens with zero attached hydrogens (tertiary/aromatic N) is 2. The van der Waals surface area contributed by atoms with Crippen LogP contribution < -0.4 is 15.2 Å². The highest BCUT2D eigenvalue weighted by molar-refractivity contribution is 5.56. The number of hydrogen-bond donors (Lipinski definition) is 1. The number of nitrogen functional groups attached to an aromatic ring is 1. The first-order valence-electron chi connectivity index (χ1n) is 5.64. The van der Waals surface area contributed by atoms with Crippen LogP contribution in [0.15, 0.2) is 36.5 Å². The van der Waals surface area contributed by atoms with Crippen molar-refractivity contribution < 1.29 is 9.47 Å². The monoisotopic (exact) mass is 255 g/mol. The number of anilines is 1. The minimum Gasteiger partial charge on any atom is -0.497 e. The van der Waals surface area contributed by atoms with Crippen LogP contribution in [-0.2, 0) is 6.61 Å². The lowest BCUT2D eigenvalue weighted by Crippen LogP contribution is -2.00. The lowest BCUT2D eigenvalue weighted by atomic mass is 10.2. The summed E-state index contributed by atoms with van der Waals surface area (Å²) in [6.45, 7) is 0.327. The molecule has 0 unspecified atom stereocenters. The van der Waals surface area contributed by atoms with E-state index in [0.29, 0.717) is 29.5 Å². The molecule has 0 aliphatic carbocycles.